The number of nitrogens with zero attached hydrogens (tertiary/aromatic N) is 3. The SMILES string of the molecule is CN(C)C(=O)c1c(-c2ccccc2)nn2cc(N)cc(F)c12. The van der Waals surface area contributed by atoms with Crippen molar-refractivity contribution in [3.8, 4) is 11.3 Å². The highest BCUT2D eigenvalue weighted by atomic mass is 19.1. The monoisotopic (exact) mass is 298 g/mol. The van der Waals surface area contributed by atoms with Gasteiger partial charge >= 0.3 is 0 Å². The van der Waals surface area contributed by atoms with Crippen LogP contribution < -0.4 is 5.73 Å². The first-order valence-electron chi connectivity index (χ1n) is 6.73. The van der Waals surface area contributed by atoms with Crippen LogP contribution in [0.3, 0.4) is 0 Å². The van der Waals surface area contributed by atoms with Crippen LogP contribution in [0.5, 0.6) is 0 Å². The van der Waals surface area contributed by atoms with Crippen molar-refractivity contribution in [3.63, 3.8) is 0 Å². The molecule has 2 N–H and O–H groups in total. The number of carbonyl (C=O) groups is 1. The average Bonchev–Trinajstić information content (AvgIpc) is 2.86. The highest BCUT2D eigenvalue weighted by molar-refractivity contribution is 6.06. The van der Waals surface area contributed by atoms with E-state index in [1.165, 1.54) is 21.7 Å². The fourth-order valence-electron chi connectivity index (χ4n) is 2.37. The van der Waals surface area contributed by atoms with Gasteiger partial charge in [0, 0.05) is 25.7 Å². The smallest absolute Gasteiger partial charge is 0.257 e. The molecule has 0 radical (unpaired) electrons. The summed E-state index contributed by atoms with van der Waals surface area (Å²) in [7, 11) is 3.24. The molecule has 0 unspecified atom stereocenters. The van der Waals surface area contributed by atoms with E-state index >= 15 is 0 Å². The Bertz CT molecular complexity index is 855. The molecule has 3 rings (SSSR count). The number of halogens is 1. The number of amides is 1. The Morgan fingerprint density at radius 1 is 1.27 bits per heavy atom. The highest BCUT2D eigenvalue weighted by Gasteiger charge is 2.24. The van der Waals surface area contributed by atoms with E-state index in [1.54, 1.807) is 14.1 Å². The number of nitrogens with two attached hydrogens (primary N) is 1. The van der Waals surface area contributed by atoms with E-state index in [0.717, 1.165) is 5.56 Å². The lowest BCUT2D eigenvalue weighted by Gasteiger charge is -2.11. The lowest BCUT2D eigenvalue weighted by Crippen LogP contribution is -2.22. The number of aromatic nitrogens is 2. The minimum Gasteiger partial charge on any atom is -0.397 e. The molecule has 0 bridgehead atoms. The lowest BCUT2D eigenvalue weighted by atomic mass is 10.1. The second-order valence-corrected chi connectivity index (χ2v) is 5.20. The van der Waals surface area contributed by atoms with E-state index in [-0.39, 0.29) is 22.7 Å². The molecular weight excluding hydrogens is 283 g/mol. The molecule has 0 aliphatic carbocycles. The van der Waals surface area contributed by atoms with Gasteiger partial charge in [0.15, 0.2) is 5.82 Å². The summed E-state index contributed by atoms with van der Waals surface area (Å²) in [5, 5.41) is 4.36. The van der Waals surface area contributed by atoms with E-state index in [9.17, 15) is 9.18 Å². The molecule has 1 amide bonds. The molecule has 3 aromatic rings. The summed E-state index contributed by atoms with van der Waals surface area (Å²) in [5.41, 5.74) is 7.45. The first kappa shape index (κ1) is 14.1. The summed E-state index contributed by atoms with van der Waals surface area (Å²) in [6, 6.07) is 10.4. The van der Waals surface area contributed by atoms with Gasteiger partial charge in [0.2, 0.25) is 0 Å². The molecule has 2 aromatic heterocycles. The van der Waals surface area contributed by atoms with Crippen molar-refractivity contribution in [1.82, 2.24) is 14.5 Å². The third kappa shape index (κ3) is 2.18. The van der Waals surface area contributed by atoms with Gasteiger partial charge < -0.3 is 10.6 Å². The zero-order valence-electron chi connectivity index (χ0n) is 12.2. The first-order valence-corrected chi connectivity index (χ1v) is 6.73. The number of hydrogen-bond donors (Lipinski definition) is 1. The Morgan fingerprint density at radius 3 is 2.59 bits per heavy atom. The molecule has 22 heavy (non-hydrogen) atoms. The van der Waals surface area contributed by atoms with Gasteiger partial charge in [0.25, 0.3) is 5.91 Å². The summed E-state index contributed by atoms with van der Waals surface area (Å²) in [5.74, 6) is -0.877. The maximum Gasteiger partial charge on any atom is 0.257 e. The van der Waals surface area contributed by atoms with Crippen LogP contribution in [-0.4, -0.2) is 34.5 Å². The minimum absolute atomic E-state index is 0.131. The highest BCUT2D eigenvalue weighted by Crippen LogP contribution is 2.29. The Hall–Kier alpha value is -2.89. The van der Waals surface area contributed by atoms with Gasteiger partial charge in [-0.2, -0.15) is 5.10 Å². The van der Waals surface area contributed by atoms with E-state index in [1.807, 2.05) is 30.3 Å². The van der Waals surface area contributed by atoms with Crippen LogP contribution in [-0.2, 0) is 0 Å². The van der Waals surface area contributed by atoms with Crippen LogP contribution in [0.1, 0.15) is 10.4 Å². The Morgan fingerprint density at radius 2 is 1.95 bits per heavy atom. The fraction of sp³-hybridized carbons (Fsp3) is 0.125. The topological polar surface area (TPSA) is 63.6 Å². The Labute approximate surface area is 126 Å². The number of carbonyl (C=O) groups excluding carboxylic acids is 1. The molecule has 0 aliphatic heterocycles. The second-order valence-electron chi connectivity index (χ2n) is 5.20. The van der Waals surface area contributed by atoms with Gasteiger partial charge in [-0.15, -0.1) is 0 Å². The maximum atomic E-state index is 14.3. The number of benzene rings is 1. The van der Waals surface area contributed by atoms with E-state index in [0.29, 0.717) is 5.69 Å². The number of rotatable bonds is 2. The molecule has 1 aromatic carbocycles. The normalized spacial score (nSPS) is 10.9. The van der Waals surface area contributed by atoms with Crippen molar-refractivity contribution in [2.75, 3.05) is 19.8 Å². The molecule has 0 saturated carbocycles. The molecule has 2 heterocycles. The number of nitrogen functional groups attached to an aromatic ring is 1. The van der Waals surface area contributed by atoms with Gasteiger partial charge in [-0.05, 0) is 0 Å². The van der Waals surface area contributed by atoms with Crippen LogP contribution in [0.15, 0.2) is 42.6 Å². The van der Waals surface area contributed by atoms with Crippen molar-refractivity contribution in [2.24, 2.45) is 0 Å². The van der Waals surface area contributed by atoms with Crippen molar-refractivity contribution in [1.29, 1.82) is 0 Å². The van der Waals surface area contributed by atoms with Gasteiger partial charge in [-0.3, -0.25) is 4.79 Å². The molecular formula is C16H15FN4O. The minimum atomic E-state index is -0.570. The molecule has 0 saturated heterocycles. The van der Waals surface area contributed by atoms with E-state index in [4.69, 9.17) is 5.73 Å². The summed E-state index contributed by atoms with van der Waals surface area (Å²) in [6.45, 7) is 0. The number of pyridine rings is 1. The maximum absolute atomic E-state index is 14.3. The number of fused-ring (bicyclic) bond motifs is 1. The van der Waals surface area contributed by atoms with Crippen molar-refractivity contribution in [3.05, 3.63) is 54.0 Å². The summed E-state index contributed by atoms with van der Waals surface area (Å²) in [6.07, 6.45) is 1.50. The fourth-order valence-corrected chi connectivity index (χ4v) is 2.37. The zero-order valence-corrected chi connectivity index (χ0v) is 12.2. The zero-order chi connectivity index (χ0) is 15.9. The third-order valence-corrected chi connectivity index (χ3v) is 3.37. The molecule has 0 spiro atoms. The van der Waals surface area contributed by atoms with Crippen LogP contribution >= 0.6 is 0 Å². The van der Waals surface area contributed by atoms with E-state index < -0.39 is 5.82 Å². The van der Waals surface area contributed by atoms with Crippen molar-refractivity contribution in [2.45, 2.75) is 0 Å². The summed E-state index contributed by atoms with van der Waals surface area (Å²) >= 11 is 0. The summed E-state index contributed by atoms with van der Waals surface area (Å²) < 4.78 is 15.7. The predicted molar refractivity (Wildman–Crippen MR) is 83.0 cm³/mol. The molecule has 5 nitrogen and oxygen atoms in total. The predicted octanol–water partition coefficient (Wildman–Crippen LogP) is 2.42. The lowest BCUT2D eigenvalue weighted by molar-refractivity contribution is 0.0830. The van der Waals surface area contributed by atoms with Gasteiger partial charge in [0.1, 0.15) is 11.2 Å². The molecule has 0 fully saturated rings. The van der Waals surface area contributed by atoms with Crippen LogP contribution in [0, 0.1) is 5.82 Å². The number of anilines is 1. The largest absolute Gasteiger partial charge is 0.397 e. The standard InChI is InChI=1S/C16H15FN4O/c1-20(2)16(22)13-14(10-6-4-3-5-7-10)19-21-9-11(18)8-12(17)15(13)21/h3-9H,18H2,1-2H3. The number of hydrogen-bond acceptors (Lipinski definition) is 3. The Balaban J connectivity index is 2.39. The second kappa shape index (κ2) is 5.14. The van der Waals surface area contributed by atoms with Gasteiger partial charge in [-0.25, -0.2) is 8.91 Å². The van der Waals surface area contributed by atoms with Crippen LogP contribution in [0.4, 0.5) is 10.1 Å². The van der Waals surface area contributed by atoms with E-state index in [2.05, 4.69) is 5.10 Å². The van der Waals surface area contributed by atoms with Crippen molar-refractivity contribution < 1.29 is 9.18 Å². The quantitative estimate of drug-likeness (QED) is 0.790. The van der Waals surface area contributed by atoms with Crippen LogP contribution in [0.25, 0.3) is 16.8 Å². The van der Waals surface area contributed by atoms with Crippen molar-refractivity contribution >= 4 is 17.1 Å². The molecule has 0 atom stereocenters. The third-order valence-electron chi connectivity index (χ3n) is 3.37. The first-order chi connectivity index (χ1) is 10.5. The molecule has 6 heteroatoms. The van der Waals surface area contributed by atoms with Crippen LogP contribution in [0.2, 0.25) is 0 Å². The summed E-state index contributed by atoms with van der Waals surface area (Å²) in [4.78, 5) is 13.9. The van der Waals surface area contributed by atoms with Gasteiger partial charge in [-0.1, -0.05) is 30.3 Å². The molecule has 0 aliphatic rings. The molecule has 112 valence electrons. The van der Waals surface area contributed by atoms with Gasteiger partial charge in [0.05, 0.1) is 17.4 Å². The Kier molecular flexibility index (Phi) is 3.29. The average molecular weight is 298 g/mol.